The fourth-order valence-electron chi connectivity index (χ4n) is 2.47. The summed E-state index contributed by atoms with van der Waals surface area (Å²) in [6.45, 7) is 1.11. The number of fused-ring (bicyclic) bond motifs is 1. The second-order valence-electron chi connectivity index (χ2n) is 5.48. The molecule has 106 valence electrons. The van der Waals surface area contributed by atoms with E-state index in [0.717, 1.165) is 23.0 Å². The molecule has 1 N–H and O–H groups in total. The van der Waals surface area contributed by atoms with Crippen molar-refractivity contribution in [3.63, 3.8) is 0 Å². The highest BCUT2D eigenvalue weighted by atomic mass is 16.2. The van der Waals surface area contributed by atoms with Crippen LogP contribution in [0.15, 0.2) is 42.5 Å². The van der Waals surface area contributed by atoms with Crippen molar-refractivity contribution < 1.29 is 4.79 Å². The second kappa shape index (κ2) is 5.88. The van der Waals surface area contributed by atoms with Crippen LogP contribution in [0.5, 0.6) is 0 Å². The van der Waals surface area contributed by atoms with Crippen molar-refractivity contribution in [2.24, 2.45) is 5.92 Å². The average Bonchev–Trinajstić information content (AvgIpc) is 3.31. The van der Waals surface area contributed by atoms with Crippen molar-refractivity contribution in [1.82, 2.24) is 4.90 Å². The van der Waals surface area contributed by atoms with E-state index in [4.69, 9.17) is 6.42 Å². The van der Waals surface area contributed by atoms with Crippen LogP contribution in [0.2, 0.25) is 0 Å². The number of amides is 2. The third-order valence-electron chi connectivity index (χ3n) is 3.78. The van der Waals surface area contributed by atoms with Crippen LogP contribution in [0.4, 0.5) is 10.5 Å². The molecule has 2 aromatic carbocycles. The molecule has 0 heterocycles. The van der Waals surface area contributed by atoms with Crippen LogP contribution in [0.3, 0.4) is 0 Å². The second-order valence-corrected chi connectivity index (χ2v) is 5.48. The van der Waals surface area contributed by atoms with Gasteiger partial charge in [0.15, 0.2) is 0 Å². The maximum atomic E-state index is 12.4. The smallest absolute Gasteiger partial charge is 0.313 e. The van der Waals surface area contributed by atoms with Crippen molar-refractivity contribution in [3.8, 4) is 12.3 Å². The van der Waals surface area contributed by atoms with Gasteiger partial charge in [0, 0.05) is 11.9 Å². The van der Waals surface area contributed by atoms with Crippen LogP contribution < -0.4 is 5.32 Å². The van der Waals surface area contributed by atoms with E-state index in [1.165, 1.54) is 12.8 Å². The van der Waals surface area contributed by atoms with E-state index < -0.39 is 0 Å². The number of rotatable bonds is 4. The van der Waals surface area contributed by atoms with Gasteiger partial charge < -0.3 is 10.2 Å². The summed E-state index contributed by atoms with van der Waals surface area (Å²) < 4.78 is 0. The first-order valence-corrected chi connectivity index (χ1v) is 7.25. The Kier molecular flexibility index (Phi) is 3.79. The molecule has 0 radical (unpaired) electrons. The van der Waals surface area contributed by atoms with Crippen molar-refractivity contribution in [1.29, 1.82) is 0 Å². The van der Waals surface area contributed by atoms with E-state index in [1.807, 2.05) is 42.5 Å². The Hall–Kier alpha value is -2.47. The van der Waals surface area contributed by atoms with Gasteiger partial charge in [0.05, 0.1) is 12.2 Å². The van der Waals surface area contributed by atoms with Gasteiger partial charge in [-0.25, -0.2) is 4.79 Å². The molecule has 0 atom stereocenters. The predicted octanol–water partition coefficient (Wildman–Crippen LogP) is 3.72. The van der Waals surface area contributed by atoms with Gasteiger partial charge in [-0.3, -0.25) is 0 Å². The third kappa shape index (κ3) is 3.17. The zero-order valence-corrected chi connectivity index (χ0v) is 11.9. The molecule has 3 heteroatoms. The quantitative estimate of drug-likeness (QED) is 0.849. The van der Waals surface area contributed by atoms with Gasteiger partial charge in [-0.1, -0.05) is 42.3 Å². The molecule has 3 rings (SSSR count). The summed E-state index contributed by atoms with van der Waals surface area (Å²) in [4.78, 5) is 14.2. The zero-order chi connectivity index (χ0) is 14.7. The van der Waals surface area contributed by atoms with Gasteiger partial charge >= 0.3 is 6.03 Å². The van der Waals surface area contributed by atoms with E-state index in [2.05, 4.69) is 11.2 Å². The largest absolute Gasteiger partial charge is 0.322 e. The minimum Gasteiger partial charge on any atom is -0.313 e. The summed E-state index contributed by atoms with van der Waals surface area (Å²) in [6, 6.07) is 13.8. The lowest BCUT2D eigenvalue weighted by Gasteiger charge is -2.21. The highest BCUT2D eigenvalue weighted by molar-refractivity contribution is 6.01. The lowest BCUT2D eigenvalue weighted by Crippen LogP contribution is -2.36. The number of benzene rings is 2. The SMILES string of the molecule is C#CCN(CC1CC1)C(=O)Nc1cccc2ccccc12. The molecule has 3 nitrogen and oxygen atoms in total. The Morgan fingerprint density at radius 3 is 2.76 bits per heavy atom. The molecular weight excluding hydrogens is 260 g/mol. The number of carbonyl (C=O) groups is 1. The first-order valence-electron chi connectivity index (χ1n) is 7.25. The Morgan fingerprint density at radius 1 is 1.24 bits per heavy atom. The Labute approximate surface area is 124 Å². The van der Waals surface area contributed by atoms with Crippen LogP contribution in [0, 0.1) is 18.3 Å². The molecule has 0 aromatic heterocycles. The third-order valence-corrected chi connectivity index (χ3v) is 3.78. The van der Waals surface area contributed by atoms with Crippen LogP contribution in [-0.4, -0.2) is 24.0 Å². The van der Waals surface area contributed by atoms with E-state index in [-0.39, 0.29) is 6.03 Å². The van der Waals surface area contributed by atoms with E-state index in [0.29, 0.717) is 12.5 Å². The lowest BCUT2D eigenvalue weighted by atomic mass is 10.1. The van der Waals surface area contributed by atoms with Gasteiger partial charge in [0.25, 0.3) is 0 Å². The summed E-state index contributed by atoms with van der Waals surface area (Å²) in [7, 11) is 0. The molecule has 1 saturated carbocycles. The van der Waals surface area contributed by atoms with Crippen molar-refractivity contribution in [2.75, 3.05) is 18.4 Å². The fourth-order valence-corrected chi connectivity index (χ4v) is 2.47. The highest BCUT2D eigenvalue weighted by Crippen LogP contribution is 2.30. The molecule has 2 aromatic rings. The van der Waals surface area contributed by atoms with Gasteiger partial charge in [0.1, 0.15) is 0 Å². The number of carbonyl (C=O) groups excluding carboxylic acids is 1. The van der Waals surface area contributed by atoms with Crippen molar-refractivity contribution >= 4 is 22.5 Å². The minimum atomic E-state index is -0.115. The molecule has 0 saturated heterocycles. The zero-order valence-electron chi connectivity index (χ0n) is 11.9. The standard InChI is InChI=1S/C18H18N2O/c1-2-12-20(13-14-10-11-14)18(21)19-17-9-5-7-15-6-3-4-8-16(15)17/h1,3-9,14H,10-13H2,(H,19,21). The van der Waals surface area contributed by atoms with E-state index in [9.17, 15) is 4.79 Å². The molecule has 0 bridgehead atoms. The predicted molar refractivity (Wildman–Crippen MR) is 86.1 cm³/mol. The maximum Gasteiger partial charge on any atom is 0.322 e. The highest BCUT2D eigenvalue weighted by Gasteiger charge is 2.26. The number of urea groups is 1. The summed E-state index contributed by atoms with van der Waals surface area (Å²) in [6.07, 6.45) is 7.77. The molecule has 21 heavy (non-hydrogen) atoms. The summed E-state index contributed by atoms with van der Waals surface area (Å²) in [5, 5.41) is 5.15. The first kappa shape index (κ1) is 13.5. The molecule has 0 aliphatic heterocycles. The molecule has 1 fully saturated rings. The number of nitrogens with one attached hydrogen (secondary N) is 1. The molecule has 0 unspecified atom stereocenters. The summed E-state index contributed by atoms with van der Waals surface area (Å²) in [5.74, 6) is 3.19. The maximum absolute atomic E-state index is 12.4. The van der Waals surface area contributed by atoms with E-state index >= 15 is 0 Å². The Bertz CT molecular complexity index is 692. The molecular formula is C18H18N2O. The van der Waals surface area contributed by atoms with Crippen molar-refractivity contribution in [3.05, 3.63) is 42.5 Å². The normalized spacial score (nSPS) is 13.7. The fraction of sp³-hybridized carbons (Fsp3) is 0.278. The first-order chi connectivity index (χ1) is 10.3. The monoisotopic (exact) mass is 278 g/mol. The van der Waals surface area contributed by atoms with Gasteiger partial charge in [-0.2, -0.15) is 0 Å². The minimum absolute atomic E-state index is 0.115. The van der Waals surface area contributed by atoms with Gasteiger partial charge in [0.2, 0.25) is 0 Å². The van der Waals surface area contributed by atoms with Crippen molar-refractivity contribution in [2.45, 2.75) is 12.8 Å². The number of terminal acetylenes is 1. The summed E-state index contributed by atoms with van der Waals surface area (Å²) in [5.41, 5.74) is 0.830. The number of nitrogens with zero attached hydrogens (tertiary/aromatic N) is 1. The Balaban J connectivity index is 1.79. The number of hydrogen-bond donors (Lipinski definition) is 1. The topological polar surface area (TPSA) is 32.3 Å². The van der Waals surface area contributed by atoms with Gasteiger partial charge in [-0.15, -0.1) is 6.42 Å². The molecule has 1 aliphatic carbocycles. The van der Waals surface area contributed by atoms with Gasteiger partial charge in [-0.05, 0) is 30.2 Å². The summed E-state index contributed by atoms with van der Waals surface area (Å²) >= 11 is 0. The average molecular weight is 278 g/mol. The van der Waals surface area contributed by atoms with Crippen LogP contribution in [-0.2, 0) is 0 Å². The Morgan fingerprint density at radius 2 is 2.00 bits per heavy atom. The molecule has 1 aliphatic rings. The van der Waals surface area contributed by atoms with Crippen LogP contribution >= 0.6 is 0 Å². The van der Waals surface area contributed by atoms with Crippen LogP contribution in [0.25, 0.3) is 10.8 Å². The van der Waals surface area contributed by atoms with E-state index in [1.54, 1.807) is 4.90 Å². The molecule has 0 spiro atoms. The molecule has 2 amide bonds. The van der Waals surface area contributed by atoms with Crippen LogP contribution in [0.1, 0.15) is 12.8 Å². The number of hydrogen-bond acceptors (Lipinski definition) is 1. The lowest BCUT2D eigenvalue weighted by molar-refractivity contribution is 0.216. The number of anilines is 1.